The standard InChI is InChI=1S/C27H34NOPSSe/c1-24(31-27-16-10-5-11-17-27)29-21-20-28(2)30(32,22-18-25-12-6-3-7-13-25)23-19-26-14-8-4-9-15-26/h3-17,24H,18-23H2,1-2H3. The number of hydrogen-bond acceptors (Lipinski definition) is 3. The molecule has 0 amide bonds. The van der Waals surface area contributed by atoms with Gasteiger partial charge in [-0.15, -0.1) is 0 Å². The van der Waals surface area contributed by atoms with E-state index in [1.54, 1.807) is 11.8 Å². The molecule has 0 N–H and O–H groups in total. The van der Waals surface area contributed by atoms with E-state index in [1.165, 1.54) is 28.3 Å². The van der Waals surface area contributed by atoms with Crippen LogP contribution in [-0.4, -0.2) is 57.7 Å². The first-order valence-electron chi connectivity index (χ1n) is 11.3. The molecule has 0 radical (unpaired) electrons. The summed E-state index contributed by atoms with van der Waals surface area (Å²) >= 11 is 5.46. The minimum absolute atomic E-state index is 0.146. The molecule has 1 atom stereocenters. The Morgan fingerprint density at radius 2 is 1.28 bits per heavy atom. The van der Waals surface area contributed by atoms with Crippen molar-refractivity contribution in [2.45, 2.75) is 30.1 Å². The van der Waals surface area contributed by atoms with E-state index in [0.29, 0.717) is 0 Å². The van der Waals surface area contributed by atoms with Gasteiger partial charge in [-0.05, 0) is 0 Å². The van der Waals surface area contributed by atoms with E-state index in [4.69, 9.17) is 4.74 Å². The van der Waals surface area contributed by atoms with Crippen molar-refractivity contribution in [1.29, 1.82) is 0 Å². The third kappa shape index (κ3) is 8.67. The summed E-state index contributed by atoms with van der Waals surface area (Å²) in [5.41, 5.74) is 1.59. The molecule has 2 nitrogen and oxygen atoms in total. The summed E-state index contributed by atoms with van der Waals surface area (Å²) in [6, 6.07) is 32.2. The van der Waals surface area contributed by atoms with Gasteiger partial charge in [-0.1, -0.05) is 0 Å². The third-order valence-electron chi connectivity index (χ3n) is 5.62. The van der Waals surface area contributed by atoms with Gasteiger partial charge in [-0.25, -0.2) is 0 Å². The van der Waals surface area contributed by atoms with Crippen molar-refractivity contribution < 1.29 is 4.74 Å². The second-order valence-corrected chi connectivity index (χ2v) is 16.9. The van der Waals surface area contributed by atoms with Crippen LogP contribution in [-0.2, 0) is 17.6 Å². The average molecular weight is 531 g/mol. The SMILES string of the molecule is CC(OCCN(C)P(=[Se])(CCc1ccccc1)CCc1ccccc1)Sc1ccccc1. The van der Waals surface area contributed by atoms with Crippen molar-refractivity contribution in [3.63, 3.8) is 0 Å². The van der Waals surface area contributed by atoms with Crippen LogP contribution in [0.1, 0.15) is 18.1 Å². The van der Waals surface area contributed by atoms with Crippen LogP contribution in [0.25, 0.3) is 0 Å². The van der Waals surface area contributed by atoms with Gasteiger partial charge in [0.2, 0.25) is 0 Å². The Balaban J connectivity index is 1.56. The Labute approximate surface area is 206 Å². The van der Waals surface area contributed by atoms with E-state index in [1.807, 2.05) is 0 Å². The van der Waals surface area contributed by atoms with E-state index in [0.717, 1.165) is 26.0 Å². The molecule has 32 heavy (non-hydrogen) atoms. The topological polar surface area (TPSA) is 12.5 Å². The normalized spacial score (nSPS) is 12.7. The molecular weight excluding hydrogens is 496 g/mol. The summed E-state index contributed by atoms with van der Waals surface area (Å²) in [6.45, 7) is 3.84. The molecule has 0 aliphatic carbocycles. The number of benzene rings is 3. The molecule has 0 heterocycles. The van der Waals surface area contributed by atoms with Gasteiger partial charge in [0.1, 0.15) is 0 Å². The van der Waals surface area contributed by atoms with Crippen LogP contribution < -0.4 is 0 Å². The van der Waals surface area contributed by atoms with Gasteiger partial charge in [0.25, 0.3) is 0 Å². The molecule has 0 aliphatic rings. The van der Waals surface area contributed by atoms with E-state index >= 15 is 0 Å². The number of rotatable bonds is 13. The van der Waals surface area contributed by atoms with Crippen molar-refractivity contribution in [2.75, 3.05) is 32.5 Å². The van der Waals surface area contributed by atoms with Crippen LogP contribution >= 0.6 is 17.4 Å². The zero-order valence-corrected chi connectivity index (χ0v) is 22.5. The molecule has 3 rings (SSSR count). The summed E-state index contributed by atoms with van der Waals surface area (Å²) < 4.78 is 8.73. The molecule has 0 aliphatic heterocycles. The molecule has 1 unspecified atom stereocenters. The maximum atomic E-state index is 6.16. The van der Waals surface area contributed by atoms with Crippen LogP contribution in [0.4, 0.5) is 0 Å². The Morgan fingerprint density at radius 1 is 0.812 bits per heavy atom. The summed E-state index contributed by atoms with van der Waals surface area (Å²) in [5, 5.41) is 0. The first-order valence-corrected chi connectivity index (χ1v) is 16.5. The molecular formula is C27H34NOPSSe. The molecule has 0 saturated carbocycles. The molecule has 0 fully saturated rings. The van der Waals surface area contributed by atoms with E-state index < -0.39 is 5.66 Å². The minimum atomic E-state index is -1.40. The van der Waals surface area contributed by atoms with Gasteiger partial charge >= 0.3 is 207 Å². The van der Waals surface area contributed by atoms with Crippen molar-refractivity contribution in [2.24, 2.45) is 0 Å². The fraction of sp³-hybridized carbons (Fsp3) is 0.333. The van der Waals surface area contributed by atoms with Crippen LogP contribution in [0.2, 0.25) is 0 Å². The second-order valence-electron chi connectivity index (χ2n) is 8.02. The zero-order valence-electron chi connectivity index (χ0n) is 19.1. The molecule has 3 aromatic carbocycles. The van der Waals surface area contributed by atoms with Crippen LogP contribution in [0, 0.1) is 0 Å². The summed E-state index contributed by atoms with van der Waals surface area (Å²) in [5.74, 6) is 0. The Morgan fingerprint density at radius 3 is 1.78 bits per heavy atom. The molecule has 3 aromatic rings. The number of nitrogens with zero attached hydrogens (tertiary/aromatic N) is 1. The number of ether oxygens (including phenoxy) is 1. The van der Waals surface area contributed by atoms with E-state index in [9.17, 15) is 0 Å². The molecule has 5 heteroatoms. The van der Waals surface area contributed by atoms with Crippen LogP contribution in [0.5, 0.6) is 0 Å². The van der Waals surface area contributed by atoms with Crippen molar-refractivity contribution >= 4 is 32.5 Å². The number of likely N-dealkylation sites (N-methyl/N-ethyl adjacent to an activating group) is 1. The van der Waals surface area contributed by atoms with E-state index in [-0.39, 0.29) is 5.44 Å². The third-order valence-corrected chi connectivity index (χ3v) is 14.0. The average Bonchev–Trinajstić information content (AvgIpc) is 2.83. The fourth-order valence-corrected chi connectivity index (χ4v) is 8.70. The number of thioether (sulfide) groups is 1. The number of hydrogen-bond donors (Lipinski definition) is 0. The fourth-order valence-electron chi connectivity index (χ4n) is 3.61. The van der Waals surface area contributed by atoms with Gasteiger partial charge in [0.15, 0.2) is 0 Å². The number of aryl methyl sites for hydroxylation is 2. The Bertz CT molecular complexity index is 908. The Hall–Kier alpha value is -1.12. The summed E-state index contributed by atoms with van der Waals surface area (Å²) in [4.78, 5) is 1.25. The van der Waals surface area contributed by atoms with Gasteiger partial charge in [0, 0.05) is 0 Å². The zero-order chi connectivity index (χ0) is 22.7. The summed E-state index contributed by atoms with van der Waals surface area (Å²) in [6.07, 6.45) is 4.60. The van der Waals surface area contributed by atoms with Gasteiger partial charge in [-0.2, -0.15) is 0 Å². The first-order chi connectivity index (χ1) is 15.5. The van der Waals surface area contributed by atoms with Crippen molar-refractivity contribution in [1.82, 2.24) is 4.67 Å². The maximum absolute atomic E-state index is 6.16. The van der Waals surface area contributed by atoms with Gasteiger partial charge in [-0.3, -0.25) is 0 Å². The predicted octanol–water partition coefficient (Wildman–Crippen LogP) is 6.57. The monoisotopic (exact) mass is 531 g/mol. The van der Waals surface area contributed by atoms with E-state index in [2.05, 4.69) is 125 Å². The molecule has 0 bridgehead atoms. The van der Waals surface area contributed by atoms with Gasteiger partial charge < -0.3 is 0 Å². The first kappa shape index (κ1) is 25.5. The van der Waals surface area contributed by atoms with Gasteiger partial charge in [0.05, 0.1) is 0 Å². The quantitative estimate of drug-likeness (QED) is 0.107. The predicted molar refractivity (Wildman–Crippen MR) is 143 cm³/mol. The van der Waals surface area contributed by atoms with Crippen molar-refractivity contribution in [3.05, 3.63) is 102 Å². The van der Waals surface area contributed by atoms with Crippen LogP contribution in [0.15, 0.2) is 95.9 Å². The molecule has 0 aromatic heterocycles. The molecule has 170 valence electrons. The molecule has 0 saturated heterocycles. The second kappa shape index (κ2) is 13.6. The molecule has 0 spiro atoms. The Kier molecular flexibility index (Phi) is 10.8. The van der Waals surface area contributed by atoms with Crippen molar-refractivity contribution in [3.8, 4) is 0 Å². The summed E-state index contributed by atoms with van der Waals surface area (Å²) in [7, 11) is 2.28. The van der Waals surface area contributed by atoms with Crippen LogP contribution in [0.3, 0.4) is 0 Å².